The molecule has 0 heterocycles. The summed E-state index contributed by atoms with van der Waals surface area (Å²) >= 11 is 0. The van der Waals surface area contributed by atoms with Crippen LogP contribution in [0.2, 0.25) is 0 Å². The van der Waals surface area contributed by atoms with E-state index < -0.39 is 5.97 Å². The summed E-state index contributed by atoms with van der Waals surface area (Å²) in [7, 11) is 0. The standard InChI is InChI=1S/C25H38O2/c1-19(2)9-6-12-22(5)23-17-15-20(3)10-7-13-24(25(26)27)14-8-11-21(4)16-18-23/h9-10,14,16,23H,5-8,11-13,15,17-18H2,1-4H3,(H,26,27). The van der Waals surface area contributed by atoms with E-state index in [9.17, 15) is 9.90 Å². The molecule has 0 aromatic heterocycles. The lowest BCUT2D eigenvalue weighted by Crippen LogP contribution is -2.04. The van der Waals surface area contributed by atoms with Crippen molar-refractivity contribution in [2.45, 2.75) is 85.5 Å². The predicted molar refractivity (Wildman–Crippen MR) is 117 cm³/mol. The number of carbonyl (C=O) groups is 1. The quantitative estimate of drug-likeness (QED) is 0.507. The van der Waals surface area contributed by atoms with Gasteiger partial charge in [0.2, 0.25) is 0 Å². The van der Waals surface area contributed by atoms with Gasteiger partial charge < -0.3 is 5.11 Å². The maximum absolute atomic E-state index is 11.4. The van der Waals surface area contributed by atoms with E-state index in [1.54, 1.807) is 0 Å². The van der Waals surface area contributed by atoms with Crippen LogP contribution in [0.3, 0.4) is 0 Å². The molecule has 1 atom stereocenters. The first-order chi connectivity index (χ1) is 12.8. The number of hydrogen-bond acceptors (Lipinski definition) is 1. The molecule has 0 amide bonds. The van der Waals surface area contributed by atoms with Gasteiger partial charge in [-0.2, -0.15) is 0 Å². The van der Waals surface area contributed by atoms with Gasteiger partial charge >= 0.3 is 5.97 Å². The molecule has 1 rings (SSSR count). The van der Waals surface area contributed by atoms with Gasteiger partial charge in [0.05, 0.1) is 0 Å². The number of rotatable bonds is 5. The summed E-state index contributed by atoms with van der Waals surface area (Å²) < 4.78 is 0. The smallest absolute Gasteiger partial charge is 0.331 e. The van der Waals surface area contributed by atoms with Crippen molar-refractivity contribution in [3.05, 3.63) is 58.7 Å². The molecule has 0 aliphatic heterocycles. The van der Waals surface area contributed by atoms with Crippen LogP contribution < -0.4 is 0 Å². The molecule has 1 aliphatic rings. The van der Waals surface area contributed by atoms with E-state index in [4.69, 9.17) is 0 Å². The zero-order chi connectivity index (χ0) is 20.2. The van der Waals surface area contributed by atoms with E-state index in [2.05, 4.69) is 52.5 Å². The Morgan fingerprint density at radius 3 is 2.44 bits per heavy atom. The average molecular weight is 371 g/mol. The van der Waals surface area contributed by atoms with Crippen molar-refractivity contribution in [2.24, 2.45) is 5.92 Å². The Balaban J connectivity index is 2.86. The Morgan fingerprint density at radius 1 is 1.11 bits per heavy atom. The van der Waals surface area contributed by atoms with Gasteiger partial charge in [-0.25, -0.2) is 4.79 Å². The lowest BCUT2D eigenvalue weighted by Gasteiger charge is -2.19. The average Bonchev–Trinajstić information content (AvgIpc) is 2.59. The van der Waals surface area contributed by atoms with Crippen molar-refractivity contribution in [1.29, 1.82) is 0 Å². The van der Waals surface area contributed by atoms with Crippen molar-refractivity contribution in [3.63, 3.8) is 0 Å². The molecular formula is C25H38O2. The summed E-state index contributed by atoms with van der Waals surface area (Å²) in [6.07, 6.45) is 17.3. The first-order valence-electron chi connectivity index (χ1n) is 10.3. The minimum absolute atomic E-state index is 0.530. The Hall–Kier alpha value is -1.83. The maximum Gasteiger partial charge on any atom is 0.331 e. The van der Waals surface area contributed by atoms with Crippen molar-refractivity contribution in [1.82, 2.24) is 0 Å². The molecule has 27 heavy (non-hydrogen) atoms. The highest BCUT2D eigenvalue weighted by Crippen LogP contribution is 2.28. The molecule has 2 nitrogen and oxygen atoms in total. The molecular weight excluding hydrogens is 332 g/mol. The fourth-order valence-corrected chi connectivity index (χ4v) is 3.43. The largest absolute Gasteiger partial charge is 0.478 e. The third kappa shape index (κ3) is 10.2. The van der Waals surface area contributed by atoms with Crippen LogP contribution in [-0.2, 0) is 4.79 Å². The van der Waals surface area contributed by atoms with Gasteiger partial charge in [-0.3, -0.25) is 0 Å². The van der Waals surface area contributed by atoms with E-state index in [1.807, 2.05) is 6.08 Å². The third-order valence-electron chi connectivity index (χ3n) is 5.34. The number of carboxylic acid groups (broad SMARTS) is 1. The summed E-state index contributed by atoms with van der Waals surface area (Å²) in [5.41, 5.74) is 6.00. The van der Waals surface area contributed by atoms with Gasteiger partial charge in [0.1, 0.15) is 0 Å². The van der Waals surface area contributed by atoms with E-state index in [0.29, 0.717) is 17.9 Å². The van der Waals surface area contributed by atoms with Crippen molar-refractivity contribution in [3.8, 4) is 0 Å². The van der Waals surface area contributed by atoms with Crippen LogP contribution in [0, 0.1) is 5.92 Å². The Kier molecular flexibility index (Phi) is 10.8. The van der Waals surface area contributed by atoms with Gasteiger partial charge in [-0.05, 0) is 91.4 Å². The van der Waals surface area contributed by atoms with Gasteiger partial charge in [-0.15, -0.1) is 0 Å². The molecule has 0 fully saturated rings. The molecule has 0 saturated carbocycles. The number of hydrogen-bond donors (Lipinski definition) is 1. The SMILES string of the molecule is C=C(CCC=C(C)C)C1CC=C(C)CCC=C(C(=O)O)CCC=C(C)CC1. The second-order valence-corrected chi connectivity index (χ2v) is 8.16. The number of allylic oxidation sites excluding steroid dienone is 8. The lowest BCUT2D eigenvalue weighted by atomic mass is 9.86. The van der Waals surface area contributed by atoms with Crippen molar-refractivity contribution in [2.75, 3.05) is 0 Å². The van der Waals surface area contributed by atoms with Crippen LogP contribution in [0.25, 0.3) is 0 Å². The van der Waals surface area contributed by atoms with Gasteiger partial charge in [-0.1, -0.05) is 53.2 Å². The van der Waals surface area contributed by atoms with E-state index in [1.165, 1.54) is 22.3 Å². The molecule has 2 heteroatoms. The monoisotopic (exact) mass is 370 g/mol. The fourth-order valence-electron chi connectivity index (χ4n) is 3.43. The summed E-state index contributed by atoms with van der Waals surface area (Å²) in [5, 5.41) is 9.36. The van der Waals surface area contributed by atoms with E-state index in [-0.39, 0.29) is 0 Å². The summed E-state index contributed by atoms with van der Waals surface area (Å²) in [6, 6.07) is 0. The lowest BCUT2D eigenvalue weighted by molar-refractivity contribution is -0.132. The van der Waals surface area contributed by atoms with E-state index >= 15 is 0 Å². The zero-order valence-electron chi connectivity index (χ0n) is 17.8. The molecule has 0 aromatic rings. The third-order valence-corrected chi connectivity index (χ3v) is 5.34. The molecule has 0 radical (unpaired) electrons. The summed E-state index contributed by atoms with van der Waals surface area (Å²) in [4.78, 5) is 11.4. The molecule has 1 unspecified atom stereocenters. The Bertz CT molecular complexity index is 625. The van der Waals surface area contributed by atoms with Crippen LogP contribution >= 0.6 is 0 Å². The van der Waals surface area contributed by atoms with Crippen LogP contribution in [0.4, 0.5) is 0 Å². The molecule has 1 aliphatic carbocycles. The number of aliphatic carboxylic acids is 1. The first-order valence-corrected chi connectivity index (χ1v) is 10.3. The minimum atomic E-state index is -0.775. The Labute approximate surface area is 166 Å². The van der Waals surface area contributed by atoms with Gasteiger partial charge in [0, 0.05) is 5.57 Å². The highest BCUT2D eigenvalue weighted by molar-refractivity contribution is 5.86. The normalized spacial score (nSPS) is 19.9. The second kappa shape index (κ2) is 12.5. The molecule has 150 valence electrons. The van der Waals surface area contributed by atoms with Crippen LogP contribution in [0.1, 0.15) is 85.5 Å². The van der Waals surface area contributed by atoms with Gasteiger partial charge in [0.25, 0.3) is 0 Å². The topological polar surface area (TPSA) is 37.3 Å². The highest BCUT2D eigenvalue weighted by Gasteiger charge is 2.12. The number of carboxylic acids is 1. The molecule has 0 bridgehead atoms. The summed E-state index contributed by atoms with van der Waals surface area (Å²) in [5.74, 6) is -0.246. The highest BCUT2D eigenvalue weighted by atomic mass is 16.4. The van der Waals surface area contributed by atoms with Crippen LogP contribution in [0.15, 0.2) is 58.7 Å². The van der Waals surface area contributed by atoms with Gasteiger partial charge in [0.15, 0.2) is 0 Å². The fraction of sp³-hybridized carbons (Fsp3) is 0.560. The predicted octanol–water partition coefficient (Wildman–Crippen LogP) is 7.55. The summed E-state index contributed by atoms with van der Waals surface area (Å²) in [6.45, 7) is 13.0. The van der Waals surface area contributed by atoms with Crippen molar-refractivity contribution >= 4 is 5.97 Å². The van der Waals surface area contributed by atoms with Crippen molar-refractivity contribution < 1.29 is 9.90 Å². The molecule has 0 spiro atoms. The van der Waals surface area contributed by atoms with Crippen LogP contribution in [0.5, 0.6) is 0 Å². The minimum Gasteiger partial charge on any atom is -0.478 e. The molecule has 1 N–H and O–H groups in total. The zero-order valence-corrected chi connectivity index (χ0v) is 17.8. The second-order valence-electron chi connectivity index (χ2n) is 8.16. The molecule has 0 aromatic carbocycles. The maximum atomic E-state index is 11.4. The Morgan fingerprint density at radius 2 is 1.78 bits per heavy atom. The first kappa shape index (κ1) is 23.2. The molecule has 0 saturated heterocycles. The van der Waals surface area contributed by atoms with Crippen LogP contribution in [-0.4, -0.2) is 11.1 Å². The van der Waals surface area contributed by atoms with E-state index in [0.717, 1.165) is 51.4 Å².